The Morgan fingerprint density at radius 3 is 3.00 bits per heavy atom. The molecule has 1 aliphatic rings. The number of carbonyl (C=O) groups excluding carboxylic acids is 2. The molecule has 0 radical (unpaired) electrons. The molecule has 2 aromatic rings. The molecule has 0 bridgehead atoms. The summed E-state index contributed by atoms with van der Waals surface area (Å²) in [5.41, 5.74) is 0.588. The SMILES string of the molecule is COc1cccc(C(=O)N2CC[C@@H](C(=O)NCCc3ncc(C)s3)C2)c1. The maximum absolute atomic E-state index is 12.6. The van der Waals surface area contributed by atoms with Gasteiger partial charge in [0.05, 0.1) is 18.0 Å². The molecule has 26 heavy (non-hydrogen) atoms. The first-order valence-electron chi connectivity index (χ1n) is 8.69. The fraction of sp³-hybridized carbons (Fsp3) is 0.421. The zero-order chi connectivity index (χ0) is 18.5. The summed E-state index contributed by atoms with van der Waals surface area (Å²) in [5, 5.41) is 4.00. The lowest BCUT2D eigenvalue weighted by atomic mass is 10.1. The van der Waals surface area contributed by atoms with Gasteiger partial charge in [-0.15, -0.1) is 11.3 Å². The lowest BCUT2D eigenvalue weighted by Crippen LogP contribution is -2.35. The summed E-state index contributed by atoms with van der Waals surface area (Å²) in [4.78, 5) is 32.2. The van der Waals surface area contributed by atoms with Gasteiger partial charge in [0.15, 0.2) is 0 Å². The monoisotopic (exact) mass is 373 g/mol. The number of nitrogens with one attached hydrogen (secondary N) is 1. The first-order valence-corrected chi connectivity index (χ1v) is 9.51. The topological polar surface area (TPSA) is 71.5 Å². The smallest absolute Gasteiger partial charge is 0.254 e. The van der Waals surface area contributed by atoms with Gasteiger partial charge >= 0.3 is 0 Å². The van der Waals surface area contributed by atoms with Crippen molar-refractivity contribution in [1.29, 1.82) is 0 Å². The molecule has 2 amide bonds. The second-order valence-corrected chi connectivity index (χ2v) is 7.69. The molecule has 1 aromatic carbocycles. The van der Waals surface area contributed by atoms with Crippen molar-refractivity contribution in [3.8, 4) is 5.75 Å². The molecule has 1 aliphatic heterocycles. The number of rotatable bonds is 6. The molecule has 3 rings (SSSR count). The summed E-state index contributed by atoms with van der Waals surface area (Å²) < 4.78 is 5.17. The number of ether oxygens (including phenoxy) is 1. The Morgan fingerprint density at radius 1 is 1.42 bits per heavy atom. The molecule has 0 unspecified atom stereocenters. The summed E-state index contributed by atoms with van der Waals surface area (Å²) in [7, 11) is 1.58. The van der Waals surface area contributed by atoms with Crippen LogP contribution in [0.2, 0.25) is 0 Å². The first kappa shape index (κ1) is 18.4. The minimum Gasteiger partial charge on any atom is -0.497 e. The number of carbonyl (C=O) groups is 2. The van der Waals surface area contributed by atoms with E-state index in [1.165, 1.54) is 4.88 Å². The quantitative estimate of drug-likeness (QED) is 0.843. The maximum Gasteiger partial charge on any atom is 0.254 e. The van der Waals surface area contributed by atoms with Gasteiger partial charge in [-0.05, 0) is 31.5 Å². The Balaban J connectivity index is 1.49. The molecule has 7 heteroatoms. The second-order valence-electron chi connectivity index (χ2n) is 6.37. The van der Waals surface area contributed by atoms with Crippen molar-refractivity contribution >= 4 is 23.2 Å². The molecule has 1 aromatic heterocycles. The number of hydrogen-bond donors (Lipinski definition) is 1. The fourth-order valence-corrected chi connectivity index (χ4v) is 3.84. The fourth-order valence-electron chi connectivity index (χ4n) is 3.05. The average molecular weight is 373 g/mol. The molecule has 1 atom stereocenters. The Labute approximate surface area is 157 Å². The van der Waals surface area contributed by atoms with Crippen molar-refractivity contribution in [2.75, 3.05) is 26.7 Å². The minimum atomic E-state index is -0.150. The van der Waals surface area contributed by atoms with Crippen LogP contribution in [0.15, 0.2) is 30.5 Å². The zero-order valence-electron chi connectivity index (χ0n) is 15.0. The van der Waals surface area contributed by atoms with Gasteiger partial charge in [0.25, 0.3) is 5.91 Å². The number of benzene rings is 1. The number of likely N-dealkylation sites (tertiary alicyclic amines) is 1. The van der Waals surface area contributed by atoms with E-state index in [2.05, 4.69) is 10.3 Å². The van der Waals surface area contributed by atoms with Crippen molar-refractivity contribution in [3.05, 3.63) is 45.9 Å². The van der Waals surface area contributed by atoms with Crippen molar-refractivity contribution in [1.82, 2.24) is 15.2 Å². The lowest BCUT2D eigenvalue weighted by Gasteiger charge is -2.17. The van der Waals surface area contributed by atoms with Gasteiger partial charge in [-0.2, -0.15) is 0 Å². The standard InChI is InChI=1S/C19H23N3O3S/c1-13-11-21-17(26-13)6-8-20-18(23)15-7-9-22(12-15)19(24)14-4-3-5-16(10-14)25-2/h3-5,10-11,15H,6-9,12H2,1-2H3,(H,20,23)/t15-/m1/s1. The van der Waals surface area contributed by atoms with Crippen LogP contribution in [-0.4, -0.2) is 48.4 Å². The molecule has 0 saturated carbocycles. The van der Waals surface area contributed by atoms with Crippen LogP contribution in [0.4, 0.5) is 0 Å². The summed E-state index contributed by atoms with van der Waals surface area (Å²) in [6, 6.07) is 7.10. The number of aryl methyl sites for hydroxylation is 1. The number of aromatic nitrogens is 1. The molecular weight excluding hydrogens is 350 g/mol. The van der Waals surface area contributed by atoms with Gasteiger partial charge in [0, 0.05) is 42.7 Å². The first-order chi connectivity index (χ1) is 12.6. The molecule has 1 fully saturated rings. The van der Waals surface area contributed by atoms with Crippen LogP contribution >= 0.6 is 11.3 Å². The number of thiazole rings is 1. The third-order valence-corrected chi connectivity index (χ3v) is 5.44. The van der Waals surface area contributed by atoms with E-state index in [1.54, 1.807) is 47.6 Å². The highest BCUT2D eigenvalue weighted by atomic mass is 32.1. The summed E-state index contributed by atoms with van der Waals surface area (Å²) in [5.74, 6) is 0.459. The Kier molecular flexibility index (Phi) is 5.88. The van der Waals surface area contributed by atoms with Gasteiger partial charge < -0.3 is 15.0 Å². The molecule has 1 N–H and O–H groups in total. The van der Waals surface area contributed by atoms with Crippen LogP contribution in [0, 0.1) is 12.8 Å². The van der Waals surface area contributed by atoms with Gasteiger partial charge in [0.1, 0.15) is 5.75 Å². The predicted molar refractivity (Wildman–Crippen MR) is 101 cm³/mol. The van der Waals surface area contributed by atoms with E-state index < -0.39 is 0 Å². The minimum absolute atomic E-state index is 0.0132. The van der Waals surface area contributed by atoms with Crippen LogP contribution in [0.1, 0.15) is 26.7 Å². The lowest BCUT2D eigenvalue weighted by molar-refractivity contribution is -0.124. The van der Waals surface area contributed by atoms with Crippen molar-refractivity contribution in [2.24, 2.45) is 5.92 Å². The van der Waals surface area contributed by atoms with Crippen molar-refractivity contribution in [3.63, 3.8) is 0 Å². The predicted octanol–water partition coefficient (Wildman–Crippen LogP) is 2.28. The highest BCUT2D eigenvalue weighted by Crippen LogP contribution is 2.21. The molecule has 0 spiro atoms. The highest BCUT2D eigenvalue weighted by Gasteiger charge is 2.31. The maximum atomic E-state index is 12.6. The third kappa shape index (κ3) is 4.40. The van der Waals surface area contributed by atoms with E-state index in [9.17, 15) is 9.59 Å². The van der Waals surface area contributed by atoms with E-state index in [0.717, 1.165) is 11.4 Å². The van der Waals surface area contributed by atoms with Crippen LogP contribution in [0.25, 0.3) is 0 Å². The molecule has 6 nitrogen and oxygen atoms in total. The molecule has 2 heterocycles. The van der Waals surface area contributed by atoms with Gasteiger partial charge in [-0.25, -0.2) is 4.98 Å². The Bertz CT molecular complexity index is 790. The average Bonchev–Trinajstić information content (AvgIpc) is 3.30. The van der Waals surface area contributed by atoms with Crippen LogP contribution in [0.3, 0.4) is 0 Å². The third-order valence-electron chi connectivity index (χ3n) is 4.47. The zero-order valence-corrected chi connectivity index (χ0v) is 15.8. The summed E-state index contributed by atoms with van der Waals surface area (Å²) in [6.07, 6.45) is 3.28. The summed E-state index contributed by atoms with van der Waals surface area (Å²) >= 11 is 1.65. The number of hydrogen-bond acceptors (Lipinski definition) is 5. The van der Waals surface area contributed by atoms with Gasteiger partial charge in [0.2, 0.25) is 5.91 Å². The van der Waals surface area contributed by atoms with E-state index in [4.69, 9.17) is 4.74 Å². The van der Waals surface area contributed by atoms with Crippen molar-refractivity contribution in [2.45, 2.75) is 19.8 Å². The largest absolute Gasteiger partial charge is 0.497 e. The van der Waals surface area contributed by atoms with E-state index >= 15 is 0 Å². The molecule has 0 aliphatic carbocycles. The Hall–Kier alpha value is -2.41. The molecule has 1 saturated heterocycles. The molecular formula is C19H23N3O3S. The Morgan fingerprint density at radius 2 is 2.27 bits per heavy atom. The van der Waals surface area contributed by atoms with Crippen LogP contribution in [-0.2, 0) is 11.2 Å². The van der Waals surface area contributed by atoms with E-state index in [0.29, 0.717) is 37.4 Å². The second kappa shape index (κ2) is 8.31. The van der Waals surface area contributed by atoms with Crippen molar-refractivity contribution < 1.29 is 14.3 Å². The van der Waals surface area contributed by atoms with Crippen LogP contribution < -0.4 is 10.1 Å². The van der Waals surface area contributed by atoms with Crippen LogP contribution in [0.5, 0.6) is 5.75 Å². The van der Waals surface area contributed by atoms with Gasteiger partial charge in [-0.3, -0.25) is 9.59 Å². The highest BCUT2D eigenvalue weighted by molar-refractivity contribution is 7.11. The van der Waals surface area contributed by atoms with E-state index in [1.807, 2.05) is 13.1 Å². The number of methoxy groups -OCH3 is 1. The summed E-state index contributed by atoms with van der Waals surface area (Å²) in [6.45, 7) is 3.65. The number of nitrogens with zero attached hydrogens (tertiary/aromatic N) is 2. The number of amides is 2. The van der Waals surface area contributed by atoms with E-state index in [-0.39, 0.29) is 17.7 Å². The molecule has 138 valence electrons. The van der Waals surface area contributed by atoms with Gasteiger partial charge in [-0.1, -0.05) is 6.07 Å². The normalized spacial score (nSPS) is 16.5.